The van der Waals surface area contributed by atoms with Crippen LogP contribution < -0.4 is 5.32 Å². The van der Waals surface area contributed by atoms with Gasteiger partial charge in [0.15, 0.2) is 0 Å². The molecule has 0 atom stereocenters. The Morgan fingerprint density at radius 1 is 1.38 bits per heavy atom. The molecule has 0 radical (unpaired) electrons. The molecule has 1 aliphatic rings. The van der Waals surface area contributed by atoms with Crippen LogP contribution in [0.5, 0.6) is 0 Å². The molecule has 1 aliphatic heterocycles. The van der Waals surface area contributed by atoms with Crippen LogP contribution in [-0.2, 0) is 6.54 Å². The molecule has 3 rings (SSSR count). The number of rotatable bonds is 6. The molecule has 1 N–H and O–H groups in total. The first kappa shape index (κ1) is 14.7. The smallest absolute Gasteiger partial charge is 0.257 e. The minimum absolute atomic E-state index is 0.641. The quantitative estimate of drug-likeness (QED) is 0.889. The molecule has 0 saturated carbocycles. The monoisotopic (exact) mass is 306 g/mol. The zero-order chi connectivity index (χ0) is 14.5. The molecule has 0 bridgehead atoms. The molecule has 114 valence electrons. The third-order valence-corrected chi connectivity index (χ3v) is 4.81. The Morgan fingerprint density at radius 3 is 2.95 bits per heavy atom. The first-order valence-electron chi connectivity index (χ1n) is 7.64. The van der Waals surface area contributed by atoms with E-state index in [-0.39, 0.29) is 0 Å². The standard InChI is InChI=1S/C15H22N4OS/c1-2-16-10-12-5-7-19(8-6-12)11-14-17-18-15(20-14)13-4-3-9-21-13/h3-4,9,12,16H,2,5-8,10-11H2,1H3. The summed E-state index contributed by atoms with van der Waals surface area (Å²) in [5, 5.41) is 13.8. The third-order valence-electron chi connectivity index (χ3n) is 3.95. The highest BCUT2D eigenvalue weighted by Crippen LogP contribution is 2.24. The summed E-state index contributed by atoms with van der Waals surface area (Å²) in [6, 6.07) is 4.01. The number of nitrogens with zero attached hydrogens (tertiary/aromatic N) is 3. The molecular weight excluding hydrogens is 284 g/mol. The van der Waals surface area contributed by atoms with Gasteiger partial charge in [0.25, 0.3) is 5.89 Å². The van der Waals surface area contributed by atoms with Crippen molar-refractivity contribution in [2.45, 2.75) is 26.3 Å². The fraction of sp³-hybridized carbons (Fsp3) is 0.600. The second-order valence-corrected chi connectivity index (χ2v) is 6.45. The molecule has 0 spiro atoms. The van der Waals surface area contributed by atoms with Gasteiger partial charge in [0.1, 0.15) is 0 Å². The Hall–Kier alpha value is -1.24. The van der Waals surface area contributed by atoms with E-state index >= 15 is 0 Å². The number of piperidine rings is 1. The summed E-state index contributed by atoms with van der Waals surface area (Å²) >= 11 is 1.63. The largest absolute Gasteiger partial charge is 0.419 e. The van der Waals surface area contributed by atoms with E-state index in [1.54, 1.807) is 11.3 Å². The van der Waals surface area contributed by atoms with Gasteiger partial charge in [-0.25, -0.2) is 0 Å². The van der Waals surface area contributed by atoms with Crippen molar-refractivity contribution in [3.05, 3.63) is 23.4 Å². The first-order valence-corrected chi connectivity index (χ1v) is 8.52. The van der Waals surface area contributed by atoms with Crippen LogP contribution in [0.15, 0.2) is 21.9 Å². The fourth-order valence-corrected chi connectivity index (χ4v) is 3.35. The van der Waals surface area contributed by atoms with Gasteiger partial charge in [0, 0.05) is 0 Å². The van der Waals surface area contributed by atoms with Crippen LogP contribution in [0.25, 0.3) is 10.8 Å². The van der Waals surface area contributed by atoms with Crippen molar-refractivity contribution in [3.63, 3.8) is 0 Å². The zero-order valence-electron chi connectivity index (χ0n) is 12.4. The van der Waals surface area contributed by atoms with Crippen molar-refractivity contribution < 1.29 is 4.42 Å². The van der Waals surface area contributed by atoms with E-state index in [0.29, 0.717) is 5.89 Å². The molecule has 0 aliphatic carbocycles. The summed E-state index contributed by atoms with van der Waals surface area (Å²) in [6.07, 6.45) is 2.50. The van der Waals surface area contributed by atoms with Crippen LogP contribution >= 0.6 is 11.3 Å². The predicted octanol–water partition coefficient (Wildman–Crippen LogP) is 2.62. The number of likely N-dealkylation sites (tertiary alicyclic amines) is 1. The molecule has 5 nitrogen and oxygen atoms in total. The number of nitrogens with one attached hydrogen (secondary N) is 1. The molecule has 6 heteroatoms. The summed E-state index contributed by atoms with van der Waals surface area (Å²) < 4.78 is 5.76. The lowest BCUT2D eigenvalue weighted by Crippen LogP contribution is -2.36. The van der Waals surface area contributed by atoms with Gasteiger partial charge < -0.3 is 9.73 Å². The second kappa shape index (κ2) is 7.15. The van der Waals surface area contributed by atoms with Crippen molar-refractivity contribution in [3.8, 4) is 10.8 Å². The van der Waals surface area contributed by atoms with Crippen molar-refractivity contribution in [1.29, 1.82) is 0 Å². The number of aromatic nitrogens is 2. The molecular formula is C15H22N4OS. The first-order chi connectivity index (χ1) is 10.3. The fourth-order valence-electron chi connectivity index (χ4n) is 2.71. The average Bonchev–Trinajstić information content (AvgIpc) is 3.17. The average molecular weight is 306 g/mol. The maximum absolute atomic E-state index is 5.76. The minimum atomic E-state index is 0.641. The van der Waals surface area contributed by atoms with Gasteiger partial charge in [0.05, 0.1) is 11.4 Å². The van der Waals surface area contributed by atoms with Crippen molar-refractivity contribution in [2.75, 3.05) is 26.2 Å². The summed E-state index contributed by atoms with van der Waals surface area (Å²) in [4.78, 5) is 3.45. The van der Waals surface area contributed by atoms with Gasteiger partial charge >= 0.3 is 0 Å². The number of hydrogen-bond donors (Lipinski definition) is 1. The normalized spacial score (nSPS) is 17.4. The molecule has 0 aromatic carbocycles. The van der Waals surface area contributed by atoms with Crippen LogP contribution in [0.2, 0.25) is 0 Å². The van der Waals surface area contributed by atoms with Crippen LogP contribution in [0, 0.1) is 5.92 Å². The van der Waals surface area contributed by atoms with E-state index in [1.807, 2.05) is 17.5 Å². The lowest BCUT2D eigenvalue weighted by Gasteiger charge is -2.30. The predicted molar refractivity (Wildman–Crippen MR) is 84.2 cm³/mol. The lowest BCUT2D eigenvalue weighted by molar-refractivity contribution is 0.163. The Morgan fingerprint density at radius 2 is 2.24 bits per heavy atom. The molecule has 2 aromatic heterocycles. The second-order valence-electron chi connectivity index (χ2n) is 5.51. The van der Waals surface area contributed by atoms with Crippen molar-refractivity contribution >= 4 is 11.3 Å². The molecule has 2 aromatic rings. The minimum Gasteiger partial charge on any atom is -0.419 e. The molecule has 0 unspecified atom stereocenters. The van der Waals surface area contributed by atoms with E-state index in [9.17, 15) is 0 Å². The van der Waals surface area contributed by atoms with Gasteiger partial charge in [0.2, 0.25) is 5.89 Å². The Balaban J connectivity index is 1.49. The zero-order valence-corrected chi connectivity index (χ0v) is 13.2. The van der Waals surface area contributed by atoms with E-state index in [1.165, 1.54) is 12.8 Å². The van der Waals surface area contributed by atoms with Gasteiger partial charge in [-0.1, -0.05) is 13.0 Å². The molecule has 21 heavy (non-hydrogen) atoms. The third kappa shape index (κ3) is 3.90. The Bertz CT molecular complexity index is 532. The SMILES string of the molecule is CCNCC1CCN(Cc2nnc(-c3cccs3)o2)CC1. The Labute approximate surface area is 129 Å². The van der Waals surface area contributed by atoms with Crippen LogP contribution in [0.4, 0.5) is 0 Å². The van der Waals surface area contributed by atoms with Crippen LogP contribution in [0.3, 0.4) is 0 Å². The highest BCUT2D eigenvalue weighted by molar-refractivity contribution is 7.13. The lowest BCUT2D eigenvalue weighted by atomic mass is 9.97. The maximum Gasteiger partial charge on any atom is 0.257 e. The summed E-state index contributed by atoms with van der Waals surface area (Å²) in [6.45, 7) is 7.38. The highest BCUT2D eigenvalue weighted by Gasteiger charge is 2.20. The van der Waals surface area contributed by atoms with Gasteiger partial charge in [-0.05, 0) is 56.4 Å². The highest BCUT2D eigenvalue weighted by atomic mass is 32.1. The maximum atomic E-state index is 5.76. The Kier molecular flexibility index (Phi) is 5.00. The molecule has 1 saturated heterocycles. The van der Waals surface area contributed by atoms with Crippen molar-refractivity contribution in [2.24, 2.45) is 5.92 Å². The van der Waals surface area contributed by atoms with E-state index in [2.05, 4.69) is 27.3 Å². The topological polar surface area (TPSA) is 54.2 Å². The summed E-state index contributed by atoms with van der Waals surface area (Å²) in [5.74, 6) is 2.18. The summed E-state index contributed by atoms with van der Waals surface area (Å²) in [7, 11) is 0. The van der Waals surface area contributed by atoms with Gasteiger partial charge in [-0.3, -0.25) is 4.90 Å². The number of hydrogen-bond acceptors (Lipinski definition) is 6. The van der Waals surface area contributed by atoms with Gasteiger partial charge in [-0.15, -0.1) is 21.5 Å². The van der Waals surface area contributed by atoms with E-state index < -0.39 is 0 Å². The van der Waals surface area contributed by atoms with Crippen LogP contribution in [-0.4, -0.2) is 41.3 Å². The summed E-state index contributed by atoms with van der Waals surface area (Å²) in [5.41, 5.74) is 0. The van der Waals surface area contributed by atoms with Crippen molar-refractivity contribution in [1.82, 2.24) is 20.4 Å². The molecule has 1 fully saturated rings. The van der Waals surface area contributed by atoms with E-state index in [4.69, 9.17) is 4.42 Å². The molecule has 3 heterocycles. The van der Waals surface area contributed by atoms with Gasteiger partial charge in [-0.2, -0.15) is 0 Å². The van der Waals surface area contributed by atoms with E-state index in [0.717, 1.165) is 49.4 Å². The molecule has 0 amide bonds. The number of thiophene rings is 1. The van der Waals surface area contributed by atoms with Crippen LogP contribution in [0.1, 0.15) is 25.7 Å².